The topological polar surface area (TPSA) is 116 Å². The first kappa shape index (κ1) is 23.8. The van der Waals surface area contributed by atoms with Crippen molar-refractivity contribution in [1.82, 2.24) is 5.32 Å². The van der Waals surface area contributed by atoms with Crippen LogP contribution in [0, 0.1) is 0 Å². The van der Waals surface area contributed by atoms with Crippen LogP contribution in [0.5, 0.6) is 0 Å². The summed E-state index contributed by atoms with van der Waals surface area (Å²) in [4.78, 5) is 23.4. The van der Waals surface area contributed by atoms with Gasteiger partial charge in [0.2, 0.25) is 0 Å². The maximum absolute atomic E-state index is 12.2. The van der Waals surface area contributed by atoms with Crippen molar-refractivity contribution >= 4 is 23.7 Å². The number of alkyl carbamates (subject to hydrolysis) is 1. The maximum atomic E-state index is 12.2. The molecule has 34 heavy (non-hydrogen) atoms. The number of aliphatic hydroxyl groups is 2. The molecule has 0 bridgehead atoms. The molecule has 0 heterocycles. The predicted octanol–water partition coefficient (Wildman–Crippen LogP) is 4.36. The number of benzene rings is 3. The average Bonchev–Trinajstić information content (AvgIpc) is 3.15. The van der Waals surface area contributed by atoms with Crippen molar-refractivity contribution in [1.29, 1.82) is 0 Å². The molecule has 0 spiro atoms. The van der Waals surface area contributed by atoms with Gasteiger partial charge in [0.15, 0.2) is 0 Å². The van der Waals surface area contributed by atoms with E-state index in [-0.39, 0.29) is 41.6 Å². The van der Waals surface area contributed by atoms with E-state index in [0.29, 0.717) is 0 Å². The van der Waals surface area contributed by atoms with Gasteiger partial charge in [-0.15, -0.1) is 0 Å². The van der Waals surface area contributed by atoms with E-state index in [9.17, 15) is 19.8 Å². The van der Waals surface area contributed by atoms with Crippen molar-refractivity contribution in [3.63, 3.8) is 0 Å². The number of carbonyl (C=O) groups excluding carboxylic acids is 1. The van der Waals surface area contributed by atoms with Crippen LogP contribution in [0.4, 0.5) is 4.79 Å². The van der Waals surface area contributed by atoms with Gasteiger partial charge in [0.1, 0.15) is 12.7 Å². The maximum Gasteiger partial charge on any atom is 0.407 e. The number of aliphatic hydroxyl groups excluding tert-OH is 2. The Morgan fingerprint density at radius 1 is 0.971 bits per heavy atom. The molecule has 176 valence electrons. The highest BCUT2D eigenvalue weighted by Gasteiger charge is 2.29. The molecule has 8 heteroatoms. The van der Waals surface area contributed by atoms with Crippen LogP contribution in [0.25, 0.3) is 11.1 Å². The van der Waals surface area contributed by atoms with Crippen molar-refractivity contribution in [3.05, 3.63) is 94.0 Å². The lowest BCUT2D eigenvalue weighted by Gasteiger charge is -2.19. The largest absolute Gasteiger partial charge is 0.478 e. The first-order chi connectivity index (χ1) is 16.3. The standard InChI is InChI=1S/C26H24ClNO6/c27-17-12-15(11-16(13-17)25(31)32)24(30)23(29)9-10-28-26(33)34-14-22-20-7-3-1-5-18(20)19-6-2-4-8-21(19)22/h1-8,11-13,22-24,29-30H,9-10,14H2,(H,28,33)(H,31,32). The summed E-state index contributed by atoms with van der Waals surface area (Å²) in [6.45, 7) is 0.229. The SMILES string of the molecule is O=C(NCCC(O)C(O)c1cc(Cl)cc(C(=O)O)c1)OCC1c2ccccc2-c2ccccc21. The Labute approximate surface area is 201 Å². The smallest absolute Gasteiger partial charge is 0.407 e. The molecule has 0 saturated heterocycles. The monoisotopic (exact) mass is 481 g/mol. The lowest BCUT2D eigenvalue weighted by atomic mass is 9.98. The molecule has 3 aromatic carbocycles. The summed E-state index contributed by atoms with van der Waals surface area (Å²) in [5.74, 6) is -1.25. The fraction of sp³-hybridized carbons (Fsp3) is 0.231. The number of nitrogens with one attached hydrogen (secondary N) is 1. The van der Waals surface area contributed by atoms with Crippen molar-refractivity contribution in [3.8, 4) is 11.1 Å². The highest BCUT2D eigenvalue weighted by molar-refractivity contribution is 6.31. The van der Waals surface area contributed by atoms with Crippen LogP contribution < -0.4 is 5.32 Å². The van der Waals surface area contributed by atoms with Gasteiger partial charge in [-0.3, -0.25) is 0 Å². The van der Waals surface area contributed by atoms with Crippen LogP contribution >= 0.6 is 11.6 Å². The molecule has 2 atom stereocenters. The van der Waals surface area contributed by atoms with E-state index in [4.69, 9.17) is 21.4 Å². The van der Waals surface area contributed by atoms with Crippen molar-refractivity contribution in [2.45, 2.75) is 24.5 Å². The summed E-state index contributed by atoms with van der Waals surface area (Å²) in [6, 6.07) is 20.0. The number of aromatic carboxylic acids is 1. The third-order valence-corrected chi connectivity index (χ3v) is 6.14. The minimum absolute atomic E-state index is 0.0281. The van der Waals surface area contributed by atoms with Gasteiger partial charge in [0, 0.05) is 17.5 Å². The van der Waals surface area contributed by atoms with Gasteiger partial charge in [-0.2, -0.15) is 0 Å². The molecule has 3 aromatic rings. The second-order valence-electron chi connectivity index (χ2n) is 8.13. The Bertz CT molecular complexity index is 1170. The third kappa shape index (κ3) is 5.07. The fourth-order valence-electron chi connectivity index (χ4n) is 4.26. The molecule has 1 aliphatic carbocycles. The number of hydrogen-bond acceptors (Lipinski definition) is 5. The van der Waals surface area contributed by atoms with Gasteiger partial charge in [0.25, 0.3) is 0 Å². The normalized spacial score (nSPS) is 14.1. The summed E-state index contributed by atoms with van der Waals surface area (Å²) in [7, 11) is 0. The molecule has 1 aliphatic rings. The van der Waals surface area contributed by atoms with Crippen molar-refractivity contribution in [2.24, 2.45) is 0 Å². The Hall–Kier alpha value is -3.39. The predicted molar refractivity (Wildman–Crippen MR) is 127 cm³/mol. The number of halogens is 1. The minimum atomic E-state index is -1.36. The Morgan fingerprint density at radius 2 is 1.59 bits per heavy atom. The van der Waals surface area contributed by atoms with E-state index in [1.807, 2.05) is 36.4 Å². The summed E-state index contributed by atoms with van der Waals surface area (Å²) < 4.78 is 5.45. The molecule has 4 N–H and O–H groups in total. The number of carboxylic acid groups (broad SMARTS) is 1. The van der Waals surface area contributed by atoms with Crippen LogP contribution in [0.15, 0.2) is 66.7 Å². The van der Waals surface area contributed by atoms with Crippen LogP contribution in [-0.2, 0) is 4.74 Å². The molecule has 2 unspecified atom stereocenters. The molecule has 0 aliphatic heterocycles. The lowest BCUT2D eigenvalue weighted by molar-refractivity contribution is 0.0136. The number of carboxylic acids is 1. The Kier molecular flexibility index (Phi) is 7.17. The van der Waals surface area contributed by atoms with Crippen LogP contribution in [-0.4, -0.2) is 46.6 Å². The van der Waals surface area contributed by atoms with Gasteiger partial charge in [0.05, 0.1) is 11.7 Å². The number of carbonyl (C=O) groups is 2. The molecular formula is C26H24ClNO6. The van der Waals surface area contributed by atoms with E-state index in [2.05, 4.69) is 17.4 Å². The zero-order chi connectivity index (χ0) is 24.2. The van der Waals surface area contributed by atoms with Gasteiger partial charge in [-0.25, -0.2) is 9.59 Å². The zero-order valence-electron chi connectivity index (χ0n) is 18.1. The van der Waals surface area contributed by atoms with Gasteiger partial charge in [-0.05, 0) is 52.4 Å². The first-order valence-electron chi connectivity index (χ1n) is 10.8. The molecule has 4 rings (SSSR count). The number of amides is 1. The van der Waals surface area contributed by atoms with E-state index in [1.54, 1.807) is 0 Å². The number of hydrogen-bond donors (Lipinski definition) is 4. The summed E-state index contributed by atoms with van der Waals surface area (Å²) in [5, 5.41) is 32.5. The van der Waals surface area contributed by atoms with Crippen LogP contribution in [0.3, 0.4) is 0 Å². The summed E-state index contributed by atoms with van der Waals surface area (Å²) in [6.07, 6.45) is -3.20. The fourth-order valence-corrected chi connectivity index (χ4v) is 4.50. The van der Waals surface area contributed by atoms with E-state index >= 15 is 0 Å². The van der Waals surface area contributed by atoms with Gasteiger partial charge >= 0.3 is 12.1 Å². The number of fused-ring (bicyclic) bond motifs is 3. The quantitative estimate of drug-likeness (QED) is 0.380. The van der Waals surface area contributed by atoms with E-state index < -0.39 is 24.3 Å². The van der Waals surface area contributed by atoms with Crippen molar-refractivity contribution in [2.75, 3.05) is 13.2 Å². The Morgan fingerprint density at radius 3 is 2.21 bits per heavy atom. The summed E-state index contributed by atoms with van der Waals surface area (Å²) in [5.41, 5.74) is 4.58. The lowest BCUT2D eigenvalue weighted by Crippen LogP contribution is -2.30. The number of ether oxygens (including phenoxy) is 1. The molecular weight excluding hydrogens is 458 g/mol. The highest BCUT2D eigenvalue weighted by Crippen LogP contribution is 2.44. The molecule has 1 amide bonds. The van der Waals surface area contributed by atoms with Crippen molar-refractivity contribution < 1.29 is 29.6 Å². The third-order valence-electron chi connectivity index (χ3n) is 5.93. The Balaban J connectivity index is 1.29. The molecule has 0 saturated carbocycles. The van der Waals surface area contributed by atoms with Gasteiger partial charge < -0.3 is 25.4 Å². The number of rotatable bonds is 8. The molecule has 0 aromatic heterocycles. The second kappa shape index (κ2) is 10.3. The van der Waals surface area contributed by atoms with E-state index in [1.165, 1.54) is 18.2 Å². The molecule has 0 radical (unpaired) electrons. The summed E-state index contributed by atoms with van der Waals surface area (Å²) >= 11 is 5.91. The highest BCUT2D eigenvalue weighted by atomic mass is 35.5. The first-order valence-corrected chi connectivity index (χ1v) is 11.2. The van der Waals surface area contributed by atoms with Gasteiger partial charge in [-0.1, -0.05) is 60.1 Å². The molecule has 7 nitrogen and oxygen atoms in total. The van der Waals surface area contributed by atoms with Crippen LogP contribution in [0.2, 0.25) is 5.02 Å². The molecule has 0 fully saturated rings. The second-order valence-corrected chi connectivity index (χ2v) is 8.57. The minimum Gasteiger partial charge on any atom is -0.478 e. The van der Waals surface area contributed by atoms with E-state index in [0.717, 1.165) is 22.3 Å². The van der Waals surface area contributed by atoms with Crippen LogP contribution in [0.1, 0.15) is 45.5 Å². The average molecular weight is 482 g/mol. The zero-order valence-corrected chi connectivity index (χ0v) is 18.9.